The van der Waals surface area contributed by atoms with Crippen LogP contribution in [0.5, 0.6) is 5.75 Å². The minimum Gasteiger partial charge on any atom is -0.493 e. The molecule has 0 saturated carbocycles. The van der Waals surface area contributed by atoms with Gasteiger partial charge < -0.3 is 4.74 Å². The molecule has 1 aromatic rings. The number of carbonyl (C=O) groups is 1. The van der Waals surface area contributed by atoms with Gasteiger partial charge >= 0.3 is 0 Å². The Labute approximate surface area is 117 Å². The highest BCUT2D eigenvalue weighted by Gasteiger charge is 2.18. The van der Waals surface area contributed by atoms with Gasteiger partial charge in [0, 0.05) is 12.1 Å². The number of benzene rings is 1. The number of hydrogen-bond donors (Lipinski definition) is 0. The average Bonchev–Trinajstić information content (AvgIpc) is 2.33. The van der Waals surface area contributed by atoms with Gasteiger partial charge in [-0.25, -0.2) is 8.78 Å². The van der Waals surface area contributed by atoms with Crippen LogP contribution in [0.3, 0.4) is 0 Å². The van der Waals surface area contributed by atoms with E-state index in [1.54, 1.807) is 13.8 Å². The maximum Gasteiger partial charge on any atom is 0.166 e. The maximum atomic E-state index is 13.5. The number of ketones is 1. The number of carbonyl (C=O) groups excluding carboxylic acids is 1. The Bertz CT molecular complexity index is 548. The van der Waals surface area contributed by atoms with Crippen LogP contribution in [0.15, 0.2) is 12.1 Å². The molecule has 5 heteroatoms. The SMILES string of the molecule is CC(=O)c1c(F)cc(F)cc1OCCCC(C)(C)C#N. The molecule has 0 saturated heterocycles. The van der Waals surface area contributed by atoms with Crippen LogP contribution in [-0.2, 0) is 0 Å². The highest BCUT2D eigenvalue weighted by molar-refractivity contribution is 5.97. The minimum absolute atomic E-state index is 0.0928. The summed E-state index contributed by atoms with van der Waals surface area (Å²) in [6.45, 7) is 4.99. The summed E-state index contributed by atoms with van der Waals surface area (Å²) in [6.07, 6.45) is 1.15. The molecule has 0 aliphatic heterocycles. The van der Waals surface area contributed by atoms with Gasteiger partial charge in [0.1, 0.15) is 17.4 Å². The van der Waals surface area contributed by atoms with E-state index in [-0.39, 0.29) is 17.9 Å². The lowest BCUT2D eigenvalue weighted by Gasteiger charge is -2.15. The Morgan fingerprint density at radius 3 is 2.60 bits per heavy atom. The van der Waals surface area contributed by atoms with Gasteiger partial charge in [0.25, 0.3) is 0 Å². The highest BCUT2D eigenvalue weighted by Crippen LogP contribution is 2.25. The first kappa shape index (κ1) is 16.1. The van der Waals surface area contributed by atoms with Crippen LogP contribution in [0.4, 0.5) is 8.78 Å². The van der Waals surface area contributed by atoms with E-state index < -0.39 is 22.8 Å². The fourth-order valence-corrected chi connectivity index (χ4v) is 1.76. The van der Waals surface area contributed by atoms with Crippen molar-refractivity contribution in [1.82, 2.24) is 0 Å². The molecule has 108 valence electrons. The third-order valence-electron chi connectivity index (χ3n) is 2.88. The smallest absolute Gasteiger partial charge is 0.166 e. The molecule has 0 amide bonds. The molecule has 0 aliphatic rings. The van der Waals surface area contributed by atoms with Gasteiger partial charge in [0.15, 0.2) is 5.78 Å². The molecule has 3 nitrogen and oxygen atoms in total. The molecular weight excluding hydrogens is 264 g/mol. The van der Waals surface area contributed by atoms with Crippen molar-refractivity contribution in [3.05, 3.63) is 29.3 Å². The molecule has 0 aromatic heterocycles. The Balaban J connectivity index is 2.74. The first-order valence-corrected chi connectivity index (χ1v) is 6.31. The summed E-state index contributed by atoms with van der Waals surface area (Å²) in [5, 5.41) is 8.87. The van der Waals surface area contributed by atoms with Gasteiger partial charge in [0.2, 0.25) is 0 Å². The molecule has 0 unspecified atom stereocenters. The fourth-order valence-electron chi connectivity index (χ4n) is 1.76. The Morgan fingerprint density at radius 2 is 2.05 bits per heavy atom. The number of ether oxygens (including phenoxy) is 1. The van der Waals surface area contributed by atoms with Gasteiger partial charge in [0.05, 0.1) is 23.7 Å². The van der Waals surface area contributed by atoms with Gasteiger partial charge in [-0.2, -0.15) is 5.26 Å². The number of hydrogen-bond acceptors (Lipinski definition) is 3. The average molecular weight is 281 g/mol. The quantitative estimate of drug-likeness (QED) is 0.587. The molecule has 1 aromatic carbocycles. The molecule has 0 heterocycles. The number of nitriles is 1. The maximum absolute atomic E-state index is 13.5. The van der Waals surface area contributed by atoms with Crippen molar-refractivity contribution in [3.63, 3.8) is 0 Å². The summed E-state index contributed by atoms with van der Waals surface area (Å²) in [6, 6.07) is 3.81. The van der Waals surface area contributed by atoms with E-state index in [4.69, 9.17) is 10.00 Å². The van der Waals surface area contributed by atoms with Crippen molar-refractivity contribution >= 4 is 5.78 Å². The first-order valence-electron chi connectivity index (χ1n) is 6.31. The predicted molar refractivity (Wildman–Crippen MR) is 70.5 cm³/mol. The normalized spacial score (nSPS) is 11.0. The number of nitrogens with zero attached hydrogens (tertiary/aromatic N) is 1. The molecule has 1 rings (SSSR count). The summed E-state index contributed by atoms with van der Waals surface area (Å²) in [7, 11) is 0. The Morgan fingerprint density at radius 1 is 1.40 bits per heavy atom. The second kappa shape index (κ2) is 6.47. The van der Waals surface area contributed by atoms with E-state index in [2.05, 4.69) is 6.07 Å². The molecule has 0 fully saturated rings. The van der Waals surface area contributed by atoms with E-state index >= 15 is 0 Å². The lowest BCUT2D eigenvalue weighted by atomic mass is 9.90. The van der Waals surface area contributed by atoms with Gasteiger partial charge in [-0.3, -0.25) is 4.79 Å². The van der Waals surface area contributed by atoms with E-state index in [9.17, 15) is 13.6 Å². The van der Waals surface area contributed by atoms with Crippen LogP contribution in [-0.4, -0.2) is 12.4 Å². The first-order chi connectivity index (χ1) is 9.26. The van der Waals surface area contributed by atoms with Gasteiger partial charge in [-0.05, 0) is 33.6 Å². The third-order valence-corrected chi connectivity index (χ3v) is 2.88. The number of Topliss-reactive ketones (excluding diaryl/α,β-unsaturated/α-hetero) is 1. The summed E-state index contributed by atoms with van der Waals surface area (Å²) in [4.78, 5) is 11.4. The summed E-state index contributed by atoms with van der Waals surface area (Å²) < 4.78 is 32.0. The molecule has 0 radical (unpaired) electrons. The lowest BCUT2D eigenvalue weighted by molar-refractivity contribution is 0.100. The third kappa shape index (κ3) is 4.30. The zero-order valence-corrected chi connectivity index (χ0v) is 11.8. The standard InChI is InChI=1S/C15H17F2NO2/c1-10(19)14-12(17)7-11(16)8-13(14)20-6-4-5-15(2,3)9-18/h7-8H,4-6H2,1-3H3. The van der Waals surface area contributed by atoms with Crippen molar-refractivity contribution < 1.29 is 18.3 Å². The zero-order valence-electron chi connectivity index (χ0n) is 11.8. The number of rotatable bonds is 6. The Kier molecular flexibility index (Phi) is 5.20. The van der Waals surface area contributed by atoms with E-state index in [0.29, 0.717) is 18.9 Å². The summed E-state index contributed by atoms with van der Waals surface area (Å²) in [5.41, 5.74) is -0.717. The molecule has 0 bridgehead atoms. The van der Waals surface area contributed by atoms with Crippen molar-refractivity contribution in [3.8, 4) is 11.8 Å². The van der Waals surface area contributed by atoms with Gasteiger partial charge in [-0.1, -0.05) is 0 Å². The van der Waals surface area contributed by atoms with E-state index in [1.165, 1.54) is 6.92 Å². The summed E-state index contributed by atoms with van der Waals surface area (Å²) >= 11 is 0. The monoisotopic (exact) mass is 281 g/mol. The van der Waals surface area contributed by atoms with Gasteiger partial charge in [-0.15, -0.1) is 0 Å². The fraction of sp³-hybridized carbons (Fsp3) is 0.467. The molecule has 20 heavy (non-hydrogen) atoms. The van der Waals surface area contributed by atoms with Crippen LogP contribution < -0.4 is 4.74 Å². The summed E-state index contributed by atoms with van der Waals surface area (Å²) in [5.74, 6) is -2.33. The molecule has 0 aliphatic carbocycles. The highest BCUT2D eigenvalue weighted by atomic mass is 19.1. The Hall–Kier alpha value is -1.96. The second-order valence-electron chi connectivity index (χ2n) is 5.26. The molecule has 0 atom stereocenters. The second-order valence-corrected chi connectivity index (χ2v) is 5.26. The van der Waals surface area contributed by atoms with Crippen LogP contribution in [0.1, 0.15) is 44.0 Å². The van der Waals surface area contributed by atoms with E-state index in [1.807, 2.05) is 0 Å². The molecule has 0 N–H and O–H groups in total. The molecule has 0 spiro atoms. The van der Waals surface area contributed by atoms with Crippen LogP contribution >= 0.6 is 0 Å². The predicted octanol–water partition coefficient (Wildman–Crippen LogP) is 3.88. The van der Waals surface area contributed by atoms with Crippen molar-refractivity contribution in [2.45, 2.75) is 33.6 Å². The van der Waals surface area contributed by atoms with Crippen molar-refractivity contribution in [2.24, 2.45) is 5.41 Å². The topological polar surface area (TPSA) is 50.1 Å². The van der Waals surface area contributed by atoms with Crippen LogP contribution in [0.2, 0.25) is 0 Å². The van der Waals surface area contributed by atoms with Crippen molar-refractivity contribution in [2.75, 3.05) is 6.61 Å². The minimum atomic E-state index is -0.926. The zero-order chi connectivity index (χ0) is 15.3. The number of halogens is 2. The van der Waals surface area contributed by atoms with Crippen LogP contribution in [0.25, 0.3) is 0 Å². The largest absolute Gasteiger partial charge is 0.493 e. The molecular formula is C15H17F2NO2. The van der Waals surface area contributed by atoms with Crippen molar-refractivity contribution in [1.29, 1.82) is 5.26 Å². The lowest BCUT2D eigenvalue weighted by Crippen LogP contribution is -2.11. The van der Waals surface area contributed by atoms with E-state index in [0.717, 1.165) is 6.07 Å². The van der Waals surface area contributed by atoms with Crippen LogP contribution in [0, 0.1) is 28.4 Å².